The Bertz CT molecular complexity index is 484. The molecular weight excluding hydrogens is 224 g/mol. The van der Waals surface area contributed by atoms with Crippen LogP contribution in [0.4, 0.5) is 0 Å². The van der Waals surface area contributed by atoms with E-state index in [2.05, 4.69) is 5.16 Å². The summed E-state index contributed by atoms with van der Waals surface area (Å²) >= 11 is 0. The maximum atomic E-state index is 10.8. The van der Waals surface area contributed by atoms with Gasteiger partial charge in [-0.1, -0.05) is 5.16 Å². The number of rotatable bonds is 3. The van der Waals surface area contributed by atoms with Crippen molar-refractivity contribution in [3.8, 4) is 11.5 Å². The van der Waals surface area contributed by atoms with Crippen molar-refractivity contribution >= 4 is 11.6 Å². The topological polar surface area (TPSA) is 94.1 Å². The molecule has 0 spiro atoms. The largest absolute Gasteiger partial charge is 0.486 e. The molecule has 6 heteroatoms. The number of carbonyl (C=O) groups excluding carboxylic acids is 1. The van der Waals surface area contributed by atoms with Gasteiger partial charge in [-0.25, -0.2) is 0 Å². The molecule has 6 nitrogen and oxygen atoms in total. The lowest BCUT2D eigenvalue weighted by Gasteiger charge is -2.11. The fourth-order valence-electron chi connectivity index (χ4n) is 1.50. The van der Waals surface area contributed by atoms with Crippen molar-refractivity contribution in [2.24, 2.45) is 10.9 Å². The number of ether oxygens (including phenoxy) is 2. The number of benzene rings is 1. The average molecular weight is 236 g/mol. The highest BCUT2D eigenvalue weighted by Gasteiger charge is 2.21. The first-order chi connectivity index (χ1) is 8.11. The Morgan fingerprint density at radius 2 is 2.41 bits per heavy atom. The number of oxime groups is 1. The first kappa shape index (κ1) is 11.3. The molecule has 90 valence electrons. The number of nitrogens with zero attached hydrogens (tertiary/aromatic N) is 1. The number of carbonyl (C=O) groups is 1. The van der Waals surface area contributed by atoms with Gasteiger partial charge in [0.15, 0.2) is 6.10 Å². The van der Waals surface area contributed by atoms with Crippen LogP contribution in [0.2, 0.25) is 0 Å². The van der Waals surface area contributed by atoms with E-state index in [0.717, 1.165) is 0 Å². The molecular formula is C11H12N2O4. The summed E-state index contributed by atoms with van der Waals surface area (Å²) in [5, 5.41) is 11.8. The normalized spacial score (nSPS) is 17.4. The fourth-order valence-corrected chi connectivity index (χ4v) is 1.50. The third-order valence-electron chi connectivity index (χ3n) is 2.46. The van der Waals surface area contributed by atoms with Crippen LogP contribution in [0.5, 0.6) is 11.5 Å². The van der Waals surface area contributed by atoms with E-state index in [9.17, 15) is 4.79 Å². The van der Waals surface area contributed by atoms with Crippen molar-refractivity contribution in [3.05, 3.63) is 23.8 Å². The second-order valence-corrected chi connectivity index (χ2v) is 3.66. The maximum absolute atomic E-state index is 10.8. The number of hydrogen-bond donors (Lipinski definition) is 2. The van der Waals surface area contributed by atoms with Gasteiger partial charge in [0.25, 0.3) is 5.91 Å². The molecule has 1 aromatic carbocycles. The van der Waals surface area contributed by atoms with Crippen molar-refractivity contribution < 1.29 is 19.5 Å². The molecule has 1 heterocycles. The van der Waals surface area contributed by atoms with Gasteiger partial charge in [-0.05, 0) is 19.1 Å². The third kappa shape index (κ3) is 2.15. The molecule has 0 saturated carbocycles. The zero-order chi connectivity index (χ0) is 12.4. The second-order valence-electron chi connectivity index (χ2n) is 3.66. The Morgan fingerprint density at radius 3 is 3.06 bits per heavy atom. The average Bonchev–Trinajstić information content (AvgIpc) is 2.71. The highest BCUT2D eigenvalue weighted by atomic mass is 16.5. The van der Waals surface area contributed by atoms with E-state index < -0.39 is 12.0 Å². The van der Waals surface area contributed by atoms with Crippen molar-refractivity contribution in [1.29, 1.82) is 0 Å². The van der Waals surface area contributed by atoms with Crippen molar-refractivity contribution in [2.45, 2.75) is 13.0 Å². The fraction of sp³-hybridized carbons (Fsp3) is 0.273. The molecule has 1 aliphatic heterocycles. The number of amides is 1. The van der Waals surface area contributed by atoms with Crippen LogP contribution in [-0.4, -0.2) is 29.5 Å². The van der Waals surface area contributed by atoms with Gasteiger partial charge in [0.1, 0.15) is 23.8 Å². The molecule has 0 aliphatic carbocycles. The lowest BCUT2D eigenvalue weighted by Crippen LogP contribution is -2.30. The van der Waals surface area contributed by atoms with Crippen molar-refractivity contribution in [3.63, 3.8) is 0 Å². The lowest BCUT2D eigenvalue weighted by molar-refractivity contribution is -0.123. The van der Waals surface area contributed by atoms with Gasteiger partial charge < -0.3 is 20.4 Å². The van der Waals surface area contributed by atoms with Crippen LogP contribution in [0.15, 0.2) is 23.4 Å². The van der Waals surface area contributed by atoms with Gasteiger partial charge in [0, 0.05) is 11.6 Å². The zero-order valence-electron chi connectivity index (χ0n) is 9.21. The Labute approximate surface area is 97.6 Å². The van der Waals surface area contributed by atoms with Crippen molar-refractivity contribution in [1.82, 2.24) is 0 Å². The third-order valence-corrected chi connectivity index (χ3v) is 2.46. The van der Waals surface area contributed by atoms with Crippen LogP contribution >= 0.6 is 0 Å². The summed E-state index contributed by atoms with van der Waals surface area (Å²) in [4.78, 5) is 10.8. The molecule has 0 bridgehead atoms. The van der Waals surface area contributed by atoms with E-state index in [0.29, 0.717) is 22.8 Å². The van der Waals surface area contributed by atoms with E-state index in [-0.39, 0.29) is 6.61 Å². The highest BCUT2D eigenvalue weighted by Crippen LogP contribution is 2.30. The Hall–Kier alpha value is -2.24. The maximum Gasteiger partial charge on any atom is 0.258 e. The Morgan fingerprint density at radius 1 is 1.65 bits per heavy atom. The minimum atomic E-state index is -0.708. The molecule has 0 aromatic heterocycles. The first-order valence-electron chi connectivity index (χ1n) is 5.06. The van der Waals surface area contributed by atoms with Gasteiger partial charge in [-0.15, -0.1) is 0 Å². The van der Waals surface area contributed by atoms with Gasteiger partial charge in [-0.2, -0.15) is 0 Å². The summed E-state index contributed by atoms with van der Waals surface area (Å²) in [5.41, 5.74) is 6.27. The number of primary amides is 1. The number of hydrogen-bond acceptors (Lipinski definition) is 5. The summed E-state index contributed by atoms with van der Waals surface area (Å²) in [6, 6.07) is 5.01. The summed E-state index contributed by atoms with van der Waals surface area (Å²) in [6.45, 7) is 1.79. The van der Waals surface area contributed by atoms with Gasteiger partial charge in [0.2, 0.25) is 0 Å². The van der Waals surface area contributed by atoms with Crippen LogP contribution in [0.25, 0.3) is 0 Å². The van der Waals surface area contributed by atoms with E-state index in [1.165, 1.54) is 0 Å². The van der Waals surface area contributed by atoms with Crippen LogP contribution in [0.1, 0.15) is 12.5 Å². The minimum absolute atomic E-state index is 0.223. The molecule has 1 atom stereocenters. The standard InChI is InChI=1S/C11H12N2O4/c1-6(11(12)14)17-7-2-3-8-9(13-15)5-16-10(8)4-7/h2-4,6,15H,5H2,1H3,(H2,12,14). The summed E-state index contributed by atoms with van der Waals surface area (Å²) < 4.78 is 10.6. The second kappa shape index (κ2) is 4.32. The molecule has 1 amide bonds. The van der Waals surface area contributed by atoms with Crippen LogP contribution < -0.4 is 15.2 Å². The molecule has 17 heavy (non-hydrogen) atoms. The molecule has 0 fully saturated rings. The van der Waals surface area contributed by atoms with Gasteiger partial charge in [-0.3, -0.25) is 4.79 Å². The Kier molecular flexibility index (Phi) is 2.86. The monoisotopic (exact) mass is 236 g/mol. The van der Waals surface area contributed by atoms with E-state index in [1.54, 1.807) is 25.1 Å². The smallest absolute Gasteiger partial charge is 0.258 e. The van der Waals surface area contributed by atoms with E-state index >= 15 is 0 Å². The highest BCUT2D eigenvalue weighted by molar-refractivity contribution is 6.06. The first-order valence-corrected chi connectivity index (χ1v) is 5.06. The zero-order valence-corrected chi connectivity index (χ0v) is 9.21. The molecule has 0 radical (unpaired) electrons. The predicted octanol–water partition coefficient (Wildman–Crippen LogP) is 0.510. The van der Waals surface area contributed by atoms with Crippen molar-refractivity contribution in [2.75, 3.05) is 6.61 Å². The SMILES string of the molecule is CC(Oc1ccc2c(c1)OCC2=NO)C(N)=O. The molecule has 3 N–H and O–H groups in total. The van der Waals surface area contributed by atoms with Crippen LogP contribution in [0, 0.1) is 0 Å². The number of fused-ring (bicyclic) bond motifs is 1. The molecule has 1 unspecified atom stereocenters. The lowest BCUT2D eigenvalue weighted by atomic mass is 10.1. The van der Waals surface area contributed by atoms with Gasteiger partial charge in [0.05, 0.1) is 0 Å². The molecule has 1 aromatic rings. The molecule has 1 aliphatic rings. The van der Waals surface area contributed by atoms with Crippen LogP contribution in [-0.2, 0) is 4.79 Å². The summed E-state index contributed by atoms with van der Waals surface area (Å²) in [6.07, 6.45) is -0.708. The molecule has 2 rings (SSSR count). The summed E-state index contributed by atoms with van der Waals surface area (Å²) in [5.74, 6) is 0.505. The minimum Gasteiger partial charge on any atom is -0.486 e. The summed E-state index contributed by atoms with van der Waals surface area (Å²) in [7, 11) is 0. The van der Waals surface area contributed by atoms with Gasteiger partial charge >= 0.3 is 0 Å². The quantitative estimate of drug-likeness (QED) is 0.590. The van der Waals surface area contributed by atoms with E-state index in [1.807, 2.05) is 0 Å². The van der Waals surface area contributed by atoms with Crippen LogP contribution in [0.3, 0.4) is 0 Å². The number of nitrogens with two attached hydrogens (primary N) is 1. The molecule has 0 saturated heterocycles. The Balaban J connectivity index is 2.21. The van der Waals surface area contributed by atoms with E-state index in [4.69, 9.17) is 20.4 Å². The predicted molar refractivity (Wildman–Crippen MR) is 59.5 cm³/mol.